The molecule has 1 fully saturated rings. The first-order valence-electron chi connectivity index (χ1n) is 12.3. The van der Waals surface area contributed by atoms with Gasteiger partial charge in [0.25, 0.3) is 0 Å². The third-order valence-electron chi connectivity index (χ3n) is 6.94. The molecule has 1 atom stereocenters. The highest BCUT2D eigenvalue weighted by Crippen LogP contribution is 2.37. The average molecular weight is 530 g/mol. The number of piperidine rings is 1. The fourth-order valence-electron chi connectivity index (χ4n) is 4.90. The van der Waals surface area contributed by atoms with Crippen molar-refractivity contribution in [1.82, 2.24) is 38.9 Å². The van der Waals surface area contributed by atoms with Gasteiger partial charge in [-0.05, 0) is 56.4 Å². The Labute approximate surface area is 222 Å². The van der Waals surface area contributed by atoms with Crippen LogP contribution in [0.1, 0.15) is 43.3 Å². The number of halogens is 1. The van der Waals surface area contributed by atoms with Gasteiger partial charge in [0.1, 0.15) is 28.9 Å². The van der Waals surface area contributed by atoms with Crippen LogP contribution in [0, 0.1) is 24.2 Å². The zero-order chi connectivity index (χ0) is 26.2. The molecule has 1 aliphatic heterocycles. The first kappa shape index (κ1) is 24.0. The number of nitriles is 1. The third kappa shape index (κ3) is 4.35. The molecule has 0 radical (unpaired) electrons. The van der Waals surface area contributed by atoms with E-state index in [2.05, 4.69) is 31.0 Å². The number of nitrogens with zero attached hydrogens (tertiary/aromatic N) is 9. The van der Waals surface area contributed by atoms with Crippen LogP contribution < -0.4 is 4.74 Å². The van der Waals surface area contributed by atoms with Crippen molar-refractivity contribution in [3.63, 3.8) is 0 Å². The van der Waals surface area contributed by atoms with Crippen LogP contribution in [0.5, 0.6) is 5.75 Å². The quantitative estimate of drug-likeness (QED) is 0.288. The molecule has 0 amide bonds. The maximum absolute atomic E-state index is 13.5. The van der Waals surface area contributed by atoms with E-state index in [1.165, 1.54) is 23.8 Å². The maximum atomic E-state index is 13.5. The summed E-state index contributed by atoms with van der Waals surface area (Å²) in [6, 6.07) is 5.12. The van der Waals surface area contributed by atoms with E-state index in [0.29, 0.717) is 24.5 Å². The van der Waals surface area contributed by atoms with Crippen molar-refractivity contribution in [1.29, 1.82) is 5.26 Å². The maximum Gasteiger partial charge on any atom is 0.179 e. The second kappa shape index (κ2) is 9.83. The SMILES string of the molecule is Cc1c(-c2cc(O[C@H](C)c3ccc(F)cn3)c3c(-c4cnsc4)cnn3c2)nnn1C1CCN(C#N)CC1. The van der Waals surface area contributed by atoms with Gasteiger partial charge in [0.2, 0.25) is 0 Å². The van der Waals surface area contributed by atoms with Crippen molar-refractivity contribution in [2.45, 2.75) is 38.8 Å². The van der Waals surface area contributed by atoms with Gasteiger partial charge in [-0.25, -0.2) is 18.0 Å². The normalized spacial score (nSPS) is 15.1. The topological polar surface area (TPSA) is 110 Å². The molecule has 0 bridgehead atoms. The lowest BCUT2D eigenvalue weighted by molar-refractivity contribution is 0.224. The molecule has 0 saturated carbocycles. The Morgan fingerprint density at radius 1 is 1.18 bits per heavy atom. The van der Waals surface area contributed by atoms with Crippen LogP contribution in [0.2, 0.25) is 0 Å². The third-order valence-corrected chi connectivity index (χ3v) is 7.53. The summed E-state index contributed by atoms with van der Waals surface area (Å²) in [5.41, 5.74) is 5.72. The van der Waals surface area contributed by atoms with Crippen molar-refractivity contribution in [3.8, 4) is 34.3 Å². The predicted octanol–water partition coefficient (Wildman–Crippen LogP) is 4.82. The molecule has 0 aliphatic carbocycles. The van der Waals surface area contributed by atoms with Gasteiger partial charge in [-0.2, -0.15) is 10.4 Å². The number of hydrogen-bond acceptors (Lipinski definition) is 9. The number of rotatable bonds is 6. The summed E-state index contributed by atoms with van der Waals surface area (Å²) in [5, 5.41) is 24.8. The van der Waals surface area contributed by atoms with E-state index in [0.717, 1.165) is 46.4 Å². The van der Waals surface area contributed by atoms with Gasteiger partial charge in [-0.1, -0.05) is 5.21 Å². The average Bonchev–Trinajstić information content (AvgIpc) is 3.69. The Kier molecular flexibility index (Phi) is 6.21. The zero-order valence-electron chi connectivity index (χ0n) is 20.8. The number of pyridine rings is 2. The zero-order valence-corrected chi connectivity index (χ0v) is 21.6. The standard InChI is InChI=1S/C26H24FN9OS/c1-16-25(32-33-36(16)21-5-7-34(15-28)8-6-21)18-9-24(37-17(2)23-4-3-20(27)11-29-23)26-22(12-30-35(26)13-18)19-10-31-38-14-19/h3-4,9-14,17,21H,5-8H2,1-2H3/t17-/m1/s1. The fourth-order valence-corrected chi connectivity index (χ4v) is 5.43. The van der Waals surface area contributed by atoms with Gasteiger partial charge in [-0.3, -0.25) is 4.98 Å². The minimum Gasteiger partial charge on any atom is -0.482 e. The summed E-state index contributed by atoms with van der Waals surface area (Å²) in [6.07, 6.45) is 10.2. The van der Waals surface area contributed by atoms with Crippen molar-refractivity contribution in [2.24, 2.45) is 0 Å². The van der Waals surface area contributed by atoms with Crippen LogP contribution in [0.4, 0.5) is 4.39 Å². The Bertz CT molecular complexity index is 1610. The Morgan fingerprint density at radius 2 is 2.03 bits per heavy atom. The van der Waals surface area contributed by atoms with Gasteiger partial charge in [-0.15, -0.1) is 5.10 Å². The highest BCUT2D eigenvalue weighted by Gasteiger charge is 2.25. The van der Waals surface area contributed by atoms with Crippen LogP contribution in [0.3, 0.4) is 0 Å². The molecule has 1 saturated heterocycles. The lowest BCUT2D eigenvalue weighted by atomic mass is 10.0. The minimum absolute atomic E-state index is 0.187. The molecule has 12 heteroatoms. The monoisotopic (exact) mass is 529 g/mol. The summed E-state index contributed by atoms with van der Waals surface area (Å²) < 4.78 is 27.9. The number of ether oxygens (including phenoxy) is 1. The molecule has 5 aromatic rings. The van der Waals surface area contributed by atoms with Crippen LogP contribution in [-0.2, 0) is 0 Å². The molecule has 0 unspecified atom stereocenters. The molecule has 10 nitrogen and oxygen atoms in total. The molecule has 38 heavy (non-hydrogen) atoms. The van der Waals surface area contributed by atoms with Gasteiger partial charge in [0.05, 0.1) is 29.8 Å². The summed E-state index contributed by atoms with van der Waals surface area (Å²) >= 11 is 1.37. The van der Waals surface area contributed by atoms with Gasteiger partial charge in [0, 0.05) is 47.6 Å². The van der Waals surface area contributed by atoms with E-state index in [9.17, 15) is 9.65 Å². The smallest absolute Gasteiger partial charge is 0.179 e. The van der Waals surface area contributed by atoms with Crippen LogP contribution >= 0.6 is 11.5 Å². The lowest BCUT2D eigenvalue weighted by Gasteiger charge is -2.28. The lowest BCUT2D eigenvalue weighted by Crippen LogP contribution is -2.31. The first-order chi connectivity index (χ1) is 18.5. The van der Waals surface area contributed by atoms with Crippen LogP contribution in [0.25, 0.3) is 27.9 Å². The van der Waals surface area contributed by atoms with E-state index in [-0.39, 0.29) is 6.04 Å². The molecule has 0 N–H and O–H groups in total. The molecule has 1 aliphatic rings. The number of hydrogen-bond donors (Lipinski definition) is 0. The second-order valence-electron chi connectivity index (χ2n) is 9.31. The van der Waals surface area contributed by atoms with E-state index < -0.39 is 11.9 Å². The van der Waals surface area contributed by atoms with E-state index >= 15 is 0 Å². The molecule has 6 heterocycles. The Morgan fingerprint density at radius 3 is 2.74 bits per heavy atom. The van der Waals surface area contributed by atoms with E-state index in [1.54, 1.807) is 27.9 Å². The van der Waals surface area contributed by atoms with Crippen molar-refractivity contribution >= 4 is 17.0 Å². The summed E-state index contributed by atoms with van der Waals surface area (Å²) in [7, 11) is 0. The highest BCUT2D eigenvalue weighted by molar-refractivity contribution is 7.03. The summed E-state index contributed by atoms with van der Waals surface area (Å²) in [4.78, 5) is 5.97. The summed E-state index contributed by atoms with van der Waals surface area (Å²) in [5.74, 6) is 0.196. The van der Waals surface area contributed by atoms with Gasteiger partial charge < -0.3 is 9.64 Å². The number of likely N-dealkylation sites (tertiary alicyclic amines) is 1. The summed E-state index contributed by atoms with van der Waals surface area (Å²) in [6.45, 7) is 5.30. The predicted molar refractivity (Wildman–Crippen MR) is 139 cm³/mol. The number of fused-ring (bicyclic) bond motifs is 1. The molecular formula is C26H24FN9OS. The molecule has 6 rings (SSSR count). The minimum atomic E-state index is -0.444. The second-order valence-corrected chi connectivity index (χ2v) is 9.96. The Hall–Kier alpha value is -4.37. The first-order valence-corrected chi connectivity index (χ1v) is 13.1. The van der Waals surface area contributed by atoms with Crippen molar-refractivity contribution in [2.75, 3.05) is 13.1 Å². The van der Waals surface area contributed by atoms with Crippen molar-refractivity contribution < 1.29 is 9.13 Å². The molecule has 192 valence electrons. The molecule has 0 spiro atoms. The van der Waals surface area contributed by atoms with Gasteiger partial charge in [0.15, 0.2) is 6.19 Å². The van der Waals surface area contributed by atoms with Crippen molar-refractivity contribution in [3.05, 3.63) is 65.6 Å². The van der Waals surface area contributed by atoms with E-state index in [1.807, 2.05) is 36.2 Å². The van der Waals surface area contributed by atoms with Crippen LogP contribution in [0.15, 0.2) is 48.4 Å². The largest absolute Gasteiger partial charge is 0.482 e. The molecule has 0 aromatic carbocycles. The van der Waals surface area contributed by atoms with Gasteiger partial charge >= 0.3 is 0 Å². The highest BCUT2D eigenvalue weighted by atomic mass is 32.1. The Balaban J connectivity index is 1.41. The fraction of sp³-hybridized carbons (Fsp3) is 0.308. The molecule has 5 aromatic heterocycles. The number of aromatic nitrogens is 7. The molecular weight excluding hydrogens is 505 g/mol. The van der Waals surface area contributed by atoms with Crippen LogP contribution in [-0.4, -0.2) is 52.0 Å². The van der Waals surface area contributed by atoms with E-state index in [4.69, 9.17) is 4.74 Å².